The zero-order valence-electron chi connectivity index (χ0n) is 14.5. The highest BCUT2D eigenvalue weighted by atomic mass is 32.2. The first kappa shape index (κ1) is 16.5. The van der Waals surface area contributed by atoms with Crippen LogP contribution in [0.1, 0.15) is 24.1 Å². The van der Waals surface area contributed by atoms with E-state index in [0.717, 1.165) is 41.0 Å². The van der Waals surface area contributed by atoms with Crippen molar-refractivity contribution in [2.45, 2.75) is 31.1 Å². The third-order valence-electron chi connectivity index (χ3n) is 4.93. The molecule has 0 amide bonds. The van der Waals surface area contributed by atoms with E-state index in [1.54, 1.807) is 10.6 Å². The number of nitrogens with zero attached hydrogens (tertiary/aromatic N) is 4. The second kappa shape index (κ2) is 6.07. The van der Waals surface area contributed by atoms with Gasteiger partial charge in [-0.05, 0) is 25.0 Å². The molecule has 0 radical (unpaired) electrons. The Morgan fingerprint density at radius 3 is 2.48 bits per heavy atom. The topological polar surface area (TPSA) is 66.4 Å². The lowest BCUT2D eigenvalue weighted by molar-refractivity contribution is 0.386. The molecule has 2 heterocycles. The van der Waals surface area contributed by atoms with Crippen LogP contribution < -0.4 is 4.90 Å². The lowest BCUT2D eigenvalue weighted by Crippen LogP contribution is -2.38. The van der Waals surface area contributed by atoms with Crippen molar-refractivity contribution in [3.05, 3.63) is 41.9 Å². The average Bonchev–Trinajstić information content (AvgIpc) is 3.46. The Kier molecular flexibility index (Phi) is 4.00. The Labute approximate surface area is 148 Å². The quantitative estimate of drug-likeness (QED) is 0.837. The van der Waals surface area contributed by atoms with Gasteiger partial charge < -0.3 is 4.90 Å². The third kappa shape index (κ3) is 3.02. The number of rotatable bonds is 4. The summed E-state index contributed by atoms with van der Waals surface area (Å²) in [5, 5.41) is -0.179. The molecule has 132 valence electrons. The van der Waals surface area contributed by atoms with Gasteiger partial charge in [0.2, 0.25) is 10.0 Å². The van der Waals surface area contributed by atoms with Crippen molar-refractivity contribution in [3.8, 4) is 11.3 Å². The Bertz CT molecular complexity index is 890. The van der Waals surface area contributed by atoms with Gasteiger partial charge in [-0.3, -0.25) is 0 Å². The number of hydrogen-bond donors (Lipinski definition) is 0. The summed E-state index contributed by atoms with van der Waals surface area (Å²) in [5.74, 6) is 0. The monoisotopic (exact) mass is 358 g/mol. The Morgan fingerprint density at radius 2 is 1.84 bits per heavy atom. The largest absolute Gasteiger partial charge is 0.378 e. The highest BCUT2D eigenvalue weighted by molar-refractivity contribution is 7.90. The number of hydrogen-bond acceptors (Lipinski definition) is 5. The van der Waals surface area contributed by atoms with Crippen LogP contribution in [0.25, 0.3) is 11.3 Å². The van der Waals surface area contributed by atoms with Crippen LogP contribution in [-0.4, -0.2) is 48.6 Å². The SMILES string of the molecule is CN(C)c1ccc(-c2ncnc3c2CN(S(=O)(=O)C2CC2)CC3)cc1. The lowest BCUT2D eigenvalue weighted by atomic mass is 10.0. The molecule has 1 saturated carbocycles. The summed E-state index contributed by atoms with van der Waals surface area (Å²) >= 11 is 0. The van der Waals surface area contributed by atoms with E-state index in [1.807, 2.05) is 43.3 Å². The molecule has 2 aliphatic rings. The lowest BCUT2D eigenvalue weighted by Gasteiger charge is -2.28. The summed E-state index contributed by atoms with van der Waals surface area (Å²) in [6.45, 7) is 0.891. The molecule has 0 unspecified atom stereocenters. The molecule has 0 N–H and O–H groups in total. The van der Waals surface area contributed by atoms with Crippen LogP contribution in [0.2, 0.25) is 0 Å². The van der Waals surface area contributed by atoms with Gasteiger partial charge in [0.25, 0.3) is 0 Å². The maximum Gasteiger partial charge on any atom is 0.217 e. The van der Waals surface area contributed by atoms with Gasteiger partial charge >= 0.3 is 0 Å². The summed E-state index contributed by atoms with van der Waals surface area (Å²) in [6.07, 6.45) is 3.80. The van der Waals surface area contributed by atoms with E-state index in [1.165, 1.54) is 0 Å². The fourth-order valence-electron chi connectivity index (χ4n) is 3.28. The van der Waals surface area contributed by atoms with Crippen molar-refractivity contribution in [2.24, 2.45) is 0 Å². The number of sulfonamides is 1. The molecule has 1 aliphatic carbocycles. The zero-order chi connectivity index (χ0) is 17.6. The molecule has 4 rings (SSSR count). The van der Waals surface area contributed by atoms with Crippen LogP contribution in [0.3, 0.4) is 0 Å². The van der Waals surface area contributed by atoms with Gasteiger partial charge in [0.05, 0.1) is 16.6 Å². The van der Waals surface area contributed by atoms with E-state index in [4.69, 9.17) is 0 Å². The van der Waals surface area contributed by atoms with E-state index >= 15 is 0 Å². The Morgan fingerprint density at radius 1 is 1.12 bits per heavy atom. The minimum Gasteiger partial charge on any atom is -0.378 e. The van der Waals surface area contributed by atoms with Crippen LogP contribution in [0.5, 0.6) is 0 Å². The normalized spacial score (nSPS) is 18.0. The molecule has 25 heavy (non-hydrogen) atoms. The fourth-order valence-corrected chi connectivity index (χ4v) is 5.08. The minimum absolute atomic E-state index is 0.179. The first-order chi connectivity index (χ1) is 12.0. The first-order valence-corrected chi connectivity index (χ1v) is 10.1. The number of aromatic nitrogens is 2. The van der Waals surface area contributed by atoms with Crippen molar-refractivity contribution in [1.82, 2.24) is 14.3 Å². The first-order valence-electron chi connectivity index (χ1n) is 8.56. The van der Waals surface area contributed by atoms with Crippen LogP contribution >= 0.6 is 0 Å². The maximum absolute atomic E-state index is 12.6. The summed E-state index contributed by atoms with van der Waals surface area (Å²) in [7, 11) is 0.827. The fraction of sp³-hybridized carbons (Fsp3) is 0.444. The second-order valence-corrected chi connectivity index (χ2v) is 9.13. The molecule has 1 fully saturated rings. The smallest absolute Gasteiger partial charge is 0.217 e. The summed E-state index contributed by atoms with van der Waals surface area (Å²) in [4.78, 5) is 10.9. The molecule has 0 atom stereocenters. The molecule has 1 aromatic heterocycles. The average molecular weight is 358 g/mol. The molecule has 1 aliphatic heterocycles. The molecule has 1 aromatic carbocycles. The van der Waals surface area contributed by atoms with Crippen LogP contribution in [0.4, 0.5) is 5.69 Å². The van der Waals surface area contributed by atoms with Gasteiger partial charge in [0, 0.05) is 50.4 Å². The Balaban J connectivity index is 1.70. The highest BCUT2D eigenvalue weighted by Gasteiger charge is 2.41. The van der Waals surface area contributed by atoms with Gasteiger partial charge in [-0.25, -0.2) is 18.4 Å². The standard InChI is InChI=1S/C18H22N4O2S/c1-21(2)14-5-3-13(4-6-14)18-16-11-22(25(23,24)15-7-8-15)10-9-17(16)19-12-20-18/h3-6,12,15H,7-11H2,1-2H3. The molecular formula is C18H22N4O2S. The molecule has 7 heteroatoms. The molecule has 0 spiro atoms. The number of anilines is 1. The second-order valence-electron chi connectivity index (χ2n) is 6.92. The predicted octanol–water partition coefficient (Wildman–Crippen LogP) is 2.06. The third-order valence-corrected chi connectivity index (χ3v) is 7.28. The van der Waals surface area contributed by atoms with E-state index in [-0.39, 0.29) is 5.25 Å². The summed E-state index contributed by atoms with van der Waals surface area (Å²) in [6, 6.07) is 8.16. The van der Waals surface area contributed by atoms with Gasteiger partial charge in [0.1, 0.15) is 6.33 Å². The summed E-state index contributed by atoms with van der Waals surface area (Å²) in [5.41, 5.74) is 4.85. The molecule has 0 bridgehead atoms. The van der Waals surface area contributed by atoms with Crippen LogP contribution in [-0.2, 0) is 23.0 Å². The molecular weight excluding hydrogens is 336 g/mol. The maximum atomic E-state index is 12.6. The highest BCUT2D eigenvalue weighted by Crippen LogP contribution is 2.35. The Hall–Kier alpha value is -1.99. The number of benzene rings is 1. The zero-order valence-corrected chi connectivity index (χ0v) is 15.3. The summed E-state index contributed by atoms with van der Waals surface area (Å²) < 4.78 is 26.8. The van der Waals surface area contributed by atoms with Crippen molar-refractivity contribution >= 4 is 15.7 Å². The van der Waals surface area contributed by atoms with E-state index in [0.29, 0.717) is 19.5 Å². The van der Waals surface area contributed by atoms with E-state index in [2.05, 4.69) is 9.97 Å². The van der Waals surface area contributed by atoms with Gasteiger partial charge in [-0.2, -0.15) is 4.31 Å². The van der Waals surface area contributed by atoms with E-state index in [9.17, 15) is 8.42 Å². The minimum atomic E-state index is -3.18. The molecule has 0 saturated heterocycles. The van der Waals surface area contributed by atoms with Crippen molar-refractivity contribution in [3.63, 3.8) is 0 Å². The van der Waals surface area contributed by atoms with Gasteiger partial charge in [-0.1, -0.05) is 12.1 Å². The van der Waals surface area contributed by atoms with Gasteiger partial charge in [0.15, 0.2) is 0 Å². The van der Waals surface area contributed by atoms with Crippen LogP contribution in [0, 0.1) is 0 Å². The van der Waals surface area contributed by atoms with Crippen LogP contribution in [0.15, 0.2) is 30.6 Å². The van der Waals surface area contributed by atoms with E-state index < -0.39 is 10.0 Å². The van der Waals surface area contributed by atoms with Crippen molar-refractivity contribution in [1.29, 1.82) is 0 Å². The van der Waals surface area contributed by atoms with Crippen molar-refractivity contribution in [2.75, 3.05) is 25.5 Å². The van der Waals surface area contributed by atoms with Crippen molar-refractivity contribution < 1.29 is 8.42 Å². The molecule has 2 aromatic rings. The predicted molar refractivity (Wildman–Crippen MR) is 97.9 cm³/mol. The molecule has 6 nitrogen and oxygen atoms in total. The van der Waals surface area contributed by atoms with Gasteiger partial charge in [-0.15, -0.1) is 0 Å². The number of fused-ring (bicyclic) bond motifs is 1.